The molecule has 3 aromatic rings. The normalized spacial score (nSPS) is 17.4. The Bertz CT molecular complexity index is 1390. The number of anilines is 1. The molecule has 36 heavy (non-hydrogen) atoms. The lowest BCUT2D eigenvalue weighted by atomic mass is 10.0. The van der Waals surface area contributed by atoms with Gasteiger partial charge in [0.2, 0.25) is 0 Å². The first kappa shape index (κ1) is 26.3. The number of nitrogens with one attached hydrogen (secondary N) is 2. The van der Waals surface area contributed by atoms with E-state index in [1.807, 2.05) is 6.07 Å². The van der Waals surface area contributed by atoms with Crippen molar-refractivity contribution in [3.05, 3.63) is 52.9 Å². The molecule has 3 heterocycles. The maximum Gasteiger partial charge on any atom is 0.299 e. The van der Waals surface area contributed by atoms with Crippen molar-refractivity contribution in [1.82, 2.24) is 14.7 Å². The molecule has 1 aliphatic heterocycles. The number of carbonyl (C=O) groups excluding carboxylic acids is 1. The van der Waals surface area contributed by atoms with E-state index in [9.17, 15) is 17.6 Å². The van der Waals surface area contributed by atoms with Gasteiger partial charge in [0.15, 0.2) is 0 Å². The van der Waals surface area contributed by atoms with E-state index in [0.29, 0.717) is 22.9 Å². The van der Waals surface area contributed by atoms with Gasteiger partial charge in [-0.15, -0.1) is 11.3 Å². The molecule has 1 aromatic carbocycles. The number of benzene rings is 1. The quantitative estimate of drug-likeness (QED) is 0.298. The average Bonchev–Trinajstić information content (AvgIpc) is 3.31. The summed E-state index contributed by atoms with van der Waals surface area (Å²) in [6.07, 6.45) is 2.29. The number of fused-ring (bicyclic) bond motifs is 1. The van der Waals surface area contributed by atoms with Gasteiger partial charge in [0.1, 0.15) is 28.6 Å². The van der Waals surface area contributed by atoms with Gasteiger partial charge in [0.05, 0.1) is 17.2 Å². The van der Waals surface area contributed by atoms with Gasteiger partial charge >= 0.3 is 0 Å². The molecule has 1 unspecified atom stereocenters. The summed E-state index contributed by atoms with van der Waals surface area (Å²) in [5.74, 6) is 0.707. The molecule has 13 heteroatoms. The number of halogens is 1. The van der Waals surface area contributed by atoms with E-state index in [0.717, 1.165) is 29.1 Å². The second kappa shape index (κ2) is 10.3. The lowest BCUT2D eigenvalue weighted by molar-refractivity contribution is 0.0982. The number of nitrogens with zero attached hydrogens (tertiary/aromatic N) is 2. The number of thiol groups is 1. The van der Waals surface area contributed by atoms with Crippen LogP contribution in [0, 0.1) is 5.82 Å². The maximum atomic E-state index is 13.7. The molecule has 4 N–H and O–H groups in total. The first-order chi connectivity index (χ1) is 17.0. The molecule has 0 aliphatic carbocycles. The number of carbonyl (C=O) groups is 1. The number of nitrogens with two attached hydrogens (primary N) is 1. The Hall–Kier alpha value is -2.74. The molecule has 0 saturated heterocycles. The molecule has 0 spiro atoms. The highest BCUT2D eigenvalue weighted by atomic mass is 32.2. The van der Waals surface area contributed by atoms with Crippen molar-refractivity contribution < 1.29 is 22.3 Å². The summed E-state index contributed by atoms with van der Waals surface area (Å²) in [6, 6.07) is 8.51. The van der Waals surface area contributed by atoms with Crippen LogP contribution in [0.4, 0.5) is 10.2 Å². The number of hydrogen-bond acceptors (Lipinski definition) is 8. The number of amides is 1. The monoisotopic (exact) mass is 553 g/mol. The zero-order chi connectivity index (χ0) is 26.1. The van der Waals surface area contributed by atoms with Crippen molar-refractivity contribution in [2.24, 2.45) is 5.14 Å². The highest BCUT2D eigenvalue weighted by molar-refractivity contribution is 8.18. The summed E-state index contributed by atoms with van der Waals surface area (Å²) in [6.45, 7) is 7.19. The molecule has 194 valence electrons. The highest BCUT2D eigenvalue weighted by Gasteiger charge is 2.35. The molecule has 0 saturated carbocycles. The third kappa shape index (κ3) is 5.97. The van der Waals surface area contributed by atoms with Crippen molar-refractivity contribution >= 4 is 44.2 Å². The fourth-order valence-corrected chi connectivity index (χ4v) is 8.58. The first-order valence-corrected chi connectivity index (χ1v) is 15.1. The Kier molecular flexibility index (Phi) is 7.55. The second-order valence-electron chi connectivity index (χ2n) is 8.84. The van der Waals surface area contributed by atoms with Crippen molar-refractivity contribution in [3.63, 3.8) is 0 Å². The molecule has 0 fully saturated rings. The number of aromatic nitrogens is 2. The second-order valence-corrected chi connectivity index (χ2v) is 14.2. The van der Waals surface area contributed by atoms with E-state index in [1.54, 1.807) is 29.8 Å². The molecule has 1 aliphatic rings. The summed E-state index contributed by atoms with van der Waals surface area (Å²) < 4.78 is 43.6. The highest BCUT2D eigenvalue weighted by Crippen LogP contribution is 2.56. The molecule has 1 atom stereocenters. The van der Waals surface area contributed by atoms with Crippen LogP contribution in [-0.4, -0.2) is 47.9 Å². The minimum atomic E-state index is -4.21. The zero-order valence-electron chi connectivity index (χ0n) is 20.0. The van der Waals surface area contributed by atoms with Gasteiger partial charge in [-0.2, -0.15) is 8.42 Å². The van der Waals surface area contributed by atoms with Crippen molar-refractivity contribution in [3.8, 4) is 16.3 Å². The average molecular weight is 554 g/mol. The van der Waals surface area contributed by atoms with Crippen molar-refractivity contribution in [1.29, 1.82) is 0 Å². The smallest absolute Gasteiger partial charge is 0.299 e. The molecular weight excluding hydrogens is 525 g/mol. The maximum absolute atomic E-state index is 13.7. The van der Waals surface area contributed by atoms with E-state index >= 15 is 0 Å². The molecule has 0 bridgehead atoms. The van der Waals surface area contributed by atoms with Gasteiger partial charge in [-0.25, -0.2) is 35.1 Å². The van der Waals surface area contributed by atoms with Gasteiger partial charge in [-0.05, 0) is 47.8 Å². The van der Waals surface area contributed by atoms with Gasteiger partial charge in [-0.3, -0.25) is 4.79 Å². The van der Waals surface area contributed by atoms with Crippen LogP contribution in [0.1, 0.15) is 36.0 Å². The van der Waals surface area contributed by atoms with Gasteiger partial charge in [0.25, 0.3) is 16.1 Å². The van der Waals surface area contributed by atoms with Gasteiger partial charge in [-0.1, -0.05) is 13.8 Å². The van der Waals surface area contributed by atoms with E-state index in [2.05, 4.69) is 29.1 Å². The topological polar surface area (TPSA) is 136 Å². The Labute approximate surface area is 216 Å². The Balaban J connectivity index is 1.49. The van der Waals surface area contributed by atoms with Crippen LogP contribution in [0.5, 0.6) is 5.75 Å². The number of thiophene rings is 1. The van der Waals surface area contributed by atoms with Crippen LogP contribution in [0.25, 0.3) is 10.6 Å². The lowest BCUT2D eigenvalue weighted by Gasteiger charge is -2.32. The number of rotatable bonds is 9. The van der Waals surface area contributed by atoms with E-state index in [1.165, 1.54) is 17.3 Å². The first-order valence-electron chi connectivity index (χ1n) is 11.2. The van der Waals surface area contributed by atoms with Gasteiger partial charge < -0.3 is 10.1 Å². The summed E-state index contributed by atoms with van der Waals surface area (Å²) in [5, 5.41) is 8.29. The van der Waals surface area contributed by atoms with E-state index in [-0.39, 0.29) is 27.8 Å². The largest absolute Gasteiger partial charge is 0.492 e. The molecule has 0 radical (unpaired) electrons. The van der Waals surface area contributed by atoms with E-state index < -0.39 is 27.0 Å². The lowest BCUT2D eigenvalue weighted by Crippen LogP contribution is -2.35. The van der Waals surface area contributed by atoms with Crippen LogP contribution in [0.15, 0.2) is 41.6 Å². The fraction of sp³-hybridized carbons (Fsp3) is 0.348. The van der Waals surface area contributed by atoms with Crippen LogP contribution in [0.3, 0.4) is 0 Å². The van der Waals surface area contributed by atoms with Crippen LogP contribution in [-0.2, 0) is 16.6 Å². The Morgan fingerprint density at radius 2 is 2.06 bits per heavy atom. The number of ether oxygens (including phenoxy) is 1. The minimum absolute atomic E-state index is 0.0790. The zero-order valence-corrected chi connectivity index (χ0v) is 22.6. The minimum Gasteiger partial charge on any atom is -0.492 e. The Morgan fingerprint density at radius 3 is 2.78 bits per heavy atom. The summed E-state index contributed by atoms with van der Waals surface area (Å²) in [5.41, 5.74) is 1.65. The van der Waals surface area contributed by atoms with Crippen LogP contribution < -0.4 is 19.9 Å². The SMILES string of the molecule is CCOc1cc(-c2cc(NCC[SH]3c4ccc(F)cc4CC3(C)C)ncn2)sc1C(=O)NS(N)(=O)=O. The van der Waals surface area contributed by atoms with Crippen LogP contribution >= 0.6 is 22.2 Å². The van der Waals surface area contributed by atoms with E-state index in [4.69, 9.17) is 9.88 Å². The molecular formula is C23H28FN5O4S3. The van der Waals surface area contributed by atoms with Crippen molar-refractivity contribution in [2.75, 3.05) is 24.2 Å². The molecule has 4 rings (SSSR count). The summed E-state index contributed by atoms with van der Waals surface area (Å²) in [4.78, 5) is 22.9. The van der Waals surface area contributed by atoms with Crippen LogP contribution in [0.2, 0.25) is 0 Å². The summed E-state index contributed by atoms with van der Waals surface area (Å²) >= 11 is 1.04. The number of hydrogen-bond donors (Lipinski definition) is 4. The molecule has 2 aromatic heterocycles. The van der Waals surface area contributed by atoms with Gasteiger partial charge in [0, 0.05) is 23.4 Å². The third-order valence-electron chi connectivity index (χ3n) is 5.69. The standard InChI is InChI=1S/C23H28FN5O4S3/c1-4-33-17-11-18(34-21(17)22(30)29-36(25,31)32)16-10-20(28-13-27-16)26-7-8-35-19-6-5-15(24)9-14(19)12-23(35,2)3/h5-6,9-11,13,35H,4,7-8,12H2,1-3H3,(H,29,30)(H2,25,31,32)(H,26,27,28). The fourth-order valence-electron chi connectivity index (χ4n) is 4.25. The molecule has 1 amide bonds. The third-order valence-corrected chi connectivity index (χ3v) is 10.6. The predicted molar refractivity (Wildman–Crippen MR) is 142 cm³/mol. The summed E-state index contributed by atoms with van der Waals surface area (Å²) in [7, 11) is -4.69. The molecule has 9 nitrogen and oxygen atoms in total. The van der Waals surface area contributed by atoms with Crippen molar-refractivity contribution in [2.45, 2.75) is 36.8 Å². The Morgan fingerprint density at radius 1 is 1.28 bits per heavy atom. The predicted octanol–water partition coefficient (Wildman–Crippen LogP) is 3.48.